The molecule has 0 aliphatic heterocycles. The second kappa shape index (κ2) is 8.71. The highest BCUT2D eigenvalue weighted by Gasteiger charge is 2.50. The Morgan fingerprint density at radius 3 is 2.57 bits per heavy atom. The summed E-state index contributed by atoms with van der Waals surface area (Å²) in [6.07, 6.45) is 15.7. The van der Waals surface area contributed by atoms with Crippen LogP contribution in [-0.4, -0.2) is 22.4 Å². The van der Waals surface area contributed by atoms with Crippen LogP contribution in [0.5, 0.6) is 0 Å². The maximum absolute atomic E-state index is 10.1. The van der Waals surface area contributed by atoms with Gasteiger partial charge in [-0.1, -0.05) is 64.2 Å². The number of hydrogen-bond donors (Lipinski definition) is 2. The van der Waals surface area contributed by atoms with Gasteiger partial charge in [0.25, 0.3) is 0 Å². The summed E-state index contributed by atoms with van der Waals surface area (Å²) < 4.78 is 0. The Kier molecular flexibility index (Phi) is 6.72. The number of hydrogen-bond acceptors (Lipinski definition) is 2. The molecule has 2 nitrogen and oxygen atoms in total. The Labute approximate surface area is 172 Å². The third-order valence-electron chi connectivity index (χ3n) is 7.74. The summed E-state index contributed by atoms with van der Waals surface area (Å²) >= 11 is 0. The van der Waals surface area contributed by atoms with E-state index in [0.29, 0.717) is 36.0 Å². The summed E-state index contributed by atoms with van der Waals surface area (Å²) in [5, 5.41) is 20.1. The van der Waals surface area contributed by atoms with Crippen LogP contribution in [0.1, 0.15) is 72.6 Å². The molecule has 3 saturated carbocycles. The van der Waals surface area contributed by atoms with Crippen LogP contribution in [0.2, 0.25) is 0 Å². The molecule has 0 heterocycles. The van der Waals surface area contributed by atoms with Crippen molar-refractivity contribution in [3.8, 4) is 0 Å². The van der Waals surface area contributed by atoms with Crippen molar-refractivity contribution in [2.24, 2.45) is 29.1 Å². The largest absolute Gasteiger partial charge is 0.393 e. The van der Waals surface area contributed by atoms with E-state index in [-0.39, 0.29) is 0 Å². The lowest BCUT2D eigenvalue weighted by Crippen LogP contribution is -2.35. The predicted octanol–water partition coefficient (Wildman–Crippen LogP) is 5.98. The minimum atomic E-state index is -0.602. The first-order valence-corrected chi connectivity index (χ1v) is 11.4. The van der Waals surface area contributed by atoms with Gasteiger partial charge in [-0.3, -0.25) is 0 Å². The standard InChI is InChI=1S/C26H40O2/c1-17(2)8-9-18(3)23-12-13-24-20(7-6-14-26(23,24)5)10-11-21-15-22(27)16-25(28)19(21)4/h8-11,17-18,22-25,27-28H,4,6-7,12-16H2,1-3,5H3/b9-8+,20-10+,21-11-/t18-,22-,23-,24?,25?,26?/m1/s1. The van der Waals surface area contributed by atoms with E-state index >= 15 is 0 Å². The Balaban J connectivity index is 1.79. The zero-order valence-electron chi connectivity index (χ0n) is 18.3. The topological polar surface area (TPSA) is 40.5 Å². The van der Waals surface area contributed by atoms with E-state index in [0.717, 1.165) is 17.1 Å². The molecule has 6 atom stereocenters. The van der Waals surface area contributed by atoms with E-state index in [1.807, 2.05) is 0 Å². The first-order valence-electron chi connectivity index (χ1n) is 11.4. The lowest BCUT2D eigenvalue weighted by Gasteiger charge is -2.44. The van der Waals surface area contributed by atoms with Gasteiger partial charge in [-0.15, -0.1) is 0 Å². The molecule has 0 aromatic rings. The van der Waals surface area contributed by atoms with E-state index < -0.39 is 12.2 Å². The molecule has 2 heteroatoms. The molecule has 3 aliphatic carbocycles. The SMILES string of the molecule is C=C1/C(=C\C=C2/CCCC3(C)C2CC[C@@H]3[C@H](C)/C=C/C(C)C)C[C@@H](O)CC1O. The highest BCUT2D eigenvalue weighted by Crippen LogP contribution is 2.59. The summed E-state index contributed by atoms with van der Waals surface area (Å²) in [4.78, 5) is 0. The summed E-state index contributed by atoms with van der Waals surface area (Å²) in [5.41, 5.74) is 3.78. The van der Waals surface area contributed by atoms with Crippen LogP contribution in [0, 0.1) is 29.1 Å². The molecule has 3 rings (SSSR count). The van der Waals surface area contributed by atoms with Gasteiger partial charge in [-0.25, -0.2) is 0 Å². The molecule has 0 spiro atoms. The number of allylic oxidation sites excluding steroid dienone is 5. The molecular formula is C26H40O2. The lowest BCUT2D eigenvalue weighted by atomic mass is 9.61. The molecule has 3 aliphatic rings. The normalized spacial score (nSPS) is 40.6. The molecule has 3 fully saturated rings. The van der Waals surface area contributed by atoms with E-state index in [9.17, 15) is 10.2 Å². The molecule has 156 valence electrons. The third kappa shape index (κ3) is 4.39. The van der Waals surface area contributed by atoms with Crippen LogP contribution < -0.4 is 0 Å². The van der Waals surface area contributed by atoms with E-state index in [2.05, 4.69) is 58.6 Å². The van der Waals surface area contributed by atoms with Crippen molar-refractivity contribution in [3.05, 3.63) is 47.6 Å². The molecule has 28 heavy (non-hydrogen) atoms. The summed E-state index contributed by atoms with van der Waals surface area (Å²) in [6, 6.07) is 0. The predicted molar refractivity (Wildman–Crippen MR) is 118 cm³/mol. The molecule has 3 unspecified atom stereocenters. The van der Waals surface area contributed by atoms with Crippen LogP contribution in [0.25, 0.3) is 0 Å². The smallest absolute Gasteiger partial charge is 0.0811 e. The summed E-state index contributed by atoms with van der Waals surface area (Å²) in [5.74, 6) is 2.69. The average molecular weight is 385 g/mol. The highest BCUT2D eigenvalue weighted by atomic mass is 16.3. The fourth-order valence-corrected chi connectivity index (χ4v) is 6.14. The van der Waals surface area contributed by atoms with E-state index in [1.54, 1.807) is 5.57 Å². The van der Waals surface area contributed by atoms with Crippen molar-refractivity contribution in [1.82, 2.24) is 0 Å². The van der Waals surface area contributed by atoms with Crippen molar-refractivity contribution < 1.29 is 10.2 Å². The zero-order valence-corrected chi connectivity index (χ0v) is 18.3. The Hall–Kier alpha value is -1.12. The quantitative estimate of drug-likeness (QED) is 0.586. The molecule has 0 saturated heterocycles. The van der Waals surface area contributed by atoms with Gasteiger partial charge < -0.3 is 10.2 Å². The van der Waals surface area contributed by atoms with Gasteiger partial charge in [0.1, 0.15) is 0 Å². The third-order valence-corrected chi connectivity index (χ3v) is 7.74. The lowest BCUT2D eigenvalue weighted by molar-refractivity contribution is 0.0862. The van der Waals surface area contributed by atoms with Crippen molar-refractivity contribution >= 4 is 0 Å². The molecular weight excluding hydrogens is 344 g/mol. The van der Waals surface area contributed by atoms with Crippen molar-refractivity contribution in [2.45, 2.75) is 84.8 Å². The molecule has 0 bridgehead atoms. The van der Waals surface area contributed by atoms with Gasteiger partial charge in [0.05, 0.1) is 12.2 Å². The van der Waals surface area contributed by atoms with Crippen LogP contribution in [0.15, 0.2) is 47.6 Å². The fraction of sp³-hybridized carbons (Fsp3) is 0.692. The maximum atomic E-state index is 10.1. The van der Waals surface area contributed by atoms with Crippen molar-refractivity contribution in [3.63, 3.8) is 0 Å². The Morgan fingerprint density at radius 1 is 1.11 bits per heavy atom. The first kappa shape index (κ1) is 21.6. The number of rotatable bonds is 4. The van der Waals surface area contributed by atoms with Gasteiger partial charge >= 0.3 is 0 Å². The van der Waals surface area contributed by atoms with E-state index in [4.69, 9.17) is 0 Å². The Morgan fingerprint density at radius 2 is 1.86 bits per heavy atom. The summed E-state index contributed by atoms with van der Waals surface area (Å²) in [6.45, 7) is 13.5. The second-order valence-corrected chi connectivity index (χ2v) is 10.2. The van der Waals surface area contributed by atoms with Crippen LogP contribution >= 0.6 is 0 Å². The van der Waals surface area contributed by atoms with E-state index in [1.165, 1.54) is 32.1 Å². The monoisotopic (exact) mass is 384 g/mol. The first-order chi connectivity index (χ1) is 13.2. The summed E-state index contributed by atoms with van der Waals surface area (Å²) in [7, 11) is 0. The molecule has 0 aromatic carbocycles. The van der Waals surface area contributed by atoms with Crippen molar-refractivity contribution in [1.29, 1.82) is 0 Å². The molecule has 0 aromatic heterocycles. The number of fused-ring (bicyclic) bond motifs is 1. The maximum Gasteiger partial charge on any atom is 0.0811 e. The average Bonchev–Trinajstić information content (AvgIpc) is 2.99. The van der Waals surface area contributed by atoms with Crippen LogP contribution in [0.3, 0.4) is 0 Å². The van der Waals surface area contributed by atoms with Crippen LogP contribution in [-0.2, 0) is 0 Å². The Bertz CT molecular complexity index is 668. The molecule has 0 amide bonds. The van der Waals surface area contributed by atoms with Gasteiger partial charge in [0, 0.05) is 6.42 Å². The zero-order chi connectivity index (χ0) is 20.5. The second-order valence-electron chi connectivity index (χ2n) is 10.2. The van der Waals surface area contributed by atoms with Gasteiger partial charge in [-0.05, 0) is 78.8 Å². The fourth-order valence-electron chi connectivity index (χ4n) is 6.14. The molecule has 2 N–H and O–H groups in total. The number of aliphatic hydroxyl groups is 2. The van der Waals surface area contributed by atoms with Crippen molar-refractivity contribution in [2.75, 3.05) is 0 Å². The highest BCUT2D eigenvalue weighted by molar-refractivity contribution is 5.38. The van der Waals surface area contributed by atoms with Gasteiger partial charge in [-0.2, -0.15) is 0 Å². The van der Waals surface area contributed by atoms with Gasteiger partial charge in [0.2, 0.25) is 0 Å². The number of aliphatic hydroxyl groups excluding tert-OH is 2. The van der Waals surface area contributed by atoms with Gasteiger partial charge in [0.15, 0.2) is 0 Å². The van der Waals surface area contributed by atoms with Crippen LogP contribution in [0.4, 0.5) is 0 Å². The minimum absolute atomic E-state index is 0.395. The minimum Gasteiger partial charge on any atom is -0.393 e. The molecule has 0 radical (unpaired) electrons.